The summed E-state index contributed by atoms with van der Waals surface area (Å²) in [6.07, 6.45) is 0. The molecule has 160 valence electrons. The summed E-state index contributed by atoms with van der Waals surface area (Å²) in [5.74, 6) is -4.47. The zero-order valence-electron chi connectivity index (χ0n) is 16.4. The molecule has 1 N–H and O–H groups in total. The van der Waals surface area contributed by atoms with Crippen LogP contribution in [-0.2, 0) is 6.54 Å². The van der Waals surface area contributed by atoms with Gasteiger partial charge in [0.2, 0.25) is 0 Å². The fourth-order valence-electron chi connectivity index (χ4n) is 3.36. The first-order chi connectivity index (χ1) is 14.3. The zero-order valence-corrected chi connectivity index (χ0v) is 16.4. The number of likely N-dealkylation sites (N-methyl/N-ethyl adjacent to an activating group) is 1. The molecule has 0 radical (unpaired) electrons. The number of aromatic carboxylic acids is 1. The molecule has 2 aromatic carbocycles. The minimum atomic E-state index is -1.29. The van der Waals surface area contributed by atoms with Gasteiger partial charge in [0.15, 0.2) is 11.6 Å². The van der Waals surface area contributed by atoms with E-state index in [1.807, 2.05) is 6.92 Å². The number of hydrogen-bond acceptors (Lipinski definition) is 3. The van der Waals surface area contributed by atoms with Crippen LogP contribution in [-0.4, -0.2) is 59.6 Å². The molecule has 0 bridgehead atoms. The van der Waals surface area contributed by atoms with Crippen molar-refractivity contribution in [1.82, 2.24) is 9.80 Å². The van der Waals surface area contributed by atoms with Crippen LogP contribution in [0.25, 0.3) is 0 Å². The third kappa shape index (κ3) is 4.56. The number of urea groups is 1. The maximum atomic E-state index is 14.5. The van der Waals surface area contributed by atoms with Gasteiger partial charge in [-0.2, -0.15) is 0 Å². The van der Waals surface area contributed by atoms with Crippen molar-refractivity contribution in [3.05, 3.63) is 65.0 Å². The lowest BCUT2D eigenvalue weighted by Crippen LogP contribution is -2.53. The number of carbonyl (C=O) groups is 2. The van der Waals surface area contributed by atoms with Crippen LogP contribution < -0.4 is 4.90 Å². The number of piperazine rings is 1. The molecular weight excluding hydrogens is 399 g/mol. The van der Waals surface area contributed by atoms with Gasteiger partial charge in [-0.05, 0) is 30.8 Å². The maximum Gasteiger partial charge on any atom is 0.335 e. The van der Waals surface area contributed by atoms with Crippen LogP contribution in [0.5, 0.6) is 0 Å². The molecule has 2 amide bonds. The Morgan fingerprint density at radius 1 is 1.03 bits per heavy atom. The Labute approximate surface area is 172 Å². The molecule has 1 aliphatic heterocycles. The third-order valence-corrected chi connectivity index (χ3v) is 5.17. The van der Waals surface area contributed by atoms with Crippen molar-refractivity contribution < 1.29 is 27.9 Å². The normalized spacial score (nSPS) is 14.6. The first-order valence-electron chi connectivity index (χ1n) is 9.56. The minimum Gasteiger partial charge on any atom is -0.478 e. The van der Waals surface area contributed by atoms with E-state index >= 15 is 0 Å². The second-order valence-electron chi connectivity index (χ2n) is 6.97. The van der Waals surface area contributed by atoms with Gasteiger partial charge >= 0.3 is 12.0 Å². The smallest absolute Gasteiger partial charge is 0.335 e. The molecule has 0 aromatic heterocycles. The van der Waals surface area contributed by atoms with E-state index in [0.29, 0.717) is 26.2 Å². The van der Waals surface area contributed by atoms with Crippen molar-refractivity contribution in [2.45, 2.75) is 13.5 Å². The Balaban J connectivity index is 1.93. The SMILES string of the molecule is CCN1CCN(C(=O)N(Cc2ccc(C(=O)O)cc2F)c2cccc(F)c2F)CC1. The van der Waals surface area contributed by atoms with Crippen molar-refractivity contribution in [2.24, 2.45) is 0 Å². The molecule has 1 fully saturated rings. The summed E-state index contributed by atoms with van der Waals surface area (Å²) in [7, 11) is 0. The van der Waals surface area contributed by atoms with Crippen LogP contribution in [0.4, 0.5) is 23.7 Å². The summed E-state index contributed by atoms with van der Waals surface area (Å²) in [6.45, 7) is 4.56. The van der Waals surface area contributed by atoms with Crippen LogP contribution in [0.2, 0.25) is 0 Å². The molecule has 0 spiro atoms. The highest BCUT2D eigenvalue weighted by Crippen LogP contribution is 2.26. The van der Waals surface area contributed by atoms with Crippen LogP contribution >= 0.6 is 0 Å². The first kappa shape index (κ1) is 21.6. The maximum absolute atomic E-state index is 14.5. The van der Waals surface area contributed by atoms with Gasteiger partial charge in [0.25, 0.3) is 0 Å². The standard InChI is InChI=1S/C21H22F3N3O3/c1-2-25-8-10-26(11-9-25)21(30)27(18-5-3-4-16(22)19(18)24)13-15-7-6-14(20(28)29)12-17(15)23/h3-7,12H,2,8-11,13H2,1H3,(H,28,29). The van der Waals surface area contributed by atoms with Gasteiger partial charge in [0.1, 0.15) is 5.82 Å². The number of benzene rings is 2. The molecule has 2 aromatic rings. The molecular formula is C21H22F3N3O3. The molecule has 1 saturated heterocycles. The van der Waals surface area contributed by atoms with E-state index in [-0.39, 0.29) is 23.4 Å². The van der Waals surface area contributed by atoms with E-state index in [2.05, 4.69) is 4.90 Å². The Kier molecular flexibility index (Phi) is 6.61. The summed E-state index contributed by atoms with van der Waals surface area (Å²) >= 11 is 0. The Morgan fingerprint density at radius 2 is 1.73 bits per heavy atom. The fourth-order valence-corrected chi connectivity index (χ4v) is 3.36. The van der Waals surface area contributed by atoms with Gasteiger partial charge in [-0.3, -0.25) is 4.90 Å². The lowest BCUT2D eigenvalue weighted by molar-refractivity contribution is 0.0696. The van der Waals surface area contributed by atoms with E-state index < -0.39 is 29.5 Å². The summed E-state index contributed by atoms with van der Waals surface area (Å²) < 4.78 is 42.8. The van der Waals surface area contributed by atoms with E-state index in [9.17, 15) is 22.8 Å². The lowest BCUT2D eigenvalue weighted by atomic mass is 10.1. The van der Waals surface area contributed by atoms with Crippen molar-refractivity contribution in [3.8, 4) is 0 Å². The largest absolute Gasteiger partial charge is 0.478 e. The van der Waals surface area contributed by atoms with Gasteiger partial charge < -0.3 is 14.9 Å². The summed E-state index contributed by atoms with van der Waals surface area (Å²) in [4.78, 5) is 28.9. The van der Waals surface area contributed by atoms with Gasteiger partial charge in [-0.1, -0.05) is 19.1 Å². The van der Waals surface area contributed by atoms with Crippen LogP contribution in [0, 0.1) is 17.5 Å². The lowest BCUT2D eigenvalue weighted by Gasteiger charge is -2.37. The number of carboxylic acids is 1. The molecule has 0 unspecified atom stereocenters. The van der Waals surface area contributed by atoms with Gasteiger partial charge in [0.05, 0.1) is 17.8 Å². The highest BCUT2D eigenvalue weighted by molar-refractivity contribution is 5.92. The van der Waals surface area contributed by atoms with Crippen LogP contribution in [0.15, 0.2) is 36.4 Å². The van der Waals surface area contributed by atoms with Gasteiger partial charge in [-0.15, -0.1) is 0 Å². The third-order valence-electron chi connectivity index (χ3n) is 5.17. The van der Waals surface area contributed by atoms with Crippen molar-refractivity contribution in [3.63, 3.8) is 0 Å². The minimum absolute atomic E-state index is 0.01000. The van der Waals surface area contributed by atoms with E-state index in [4.69, 9.17) is 5.11 Å². The summed E-state index contributed by atoms with van der Waals surface area (Å²) in [6, 6.07) is 6.15. The monoisotopic (exact) mass is 421 g/mol. The molecule has 30 heavy (non-hydrogen) atoms. The molecule has 0 aliphatic carbocycles. The average Bonchev–Trinajstić information content (AvgIpc) is 2.74. The van der Waals surface area contributed by atoms with Crippen LogP contribution in [0.3, 0.4) is 0 Å². The number of anilines is 1. The van der Waals surface area contributed by atoms with Gasteiger partial charge in [-0.25, -0.2) is 22.8 Å². The second kappa shape index (κ2) is 9.17. The molecule has 1 aliphatic rings. The number of carboxylic acid groups (broad SMARTS) is 1. The van der Waals surface area contributed by atoms with E-state index in [1.165, 1.54) is 29.2 Å². The molecule has 9 heteroatoms. The predicted molar refractivity (Wildman–Crippen MR) is 105 cm³/mol. The number of amides is 2. The molecule has 1 heterocycles. The number of halogens is 3. The molecule has 0 saturated carbocycles. The fraction of sp³-hybridized carbons (Fsp3) is 0.333. The van der Waals surface area contributed by atoms with Crippen molar-refractivity contribution in [2.75, 3.05) is 37.6 Å². The Bertz CT molecular complexity index is 946. The van der Waals surface area contributed by atoms with Gasteiger partial charge in [0, 0.05) is 31.7 Å². The summed E-state index contributed by atoms with van der Waals surface area (Å²) in [5.41, 5.74) is -0.564. The highest BCUT2D eigenvalue weighted by atomic mass is 19.2. The Hall–Kier alpha value is -3.07. The molecule has 0 atom stereocenters. The average molecular weight is 421 g/mol. The quantitative estimate of drug-likeness (QED) is 0.802. The highest BCUT2D eigenvalue weighted by Gasteiger charge is 2.29. The van der Waals surface area contributed by atoms with Crippen molar-refractivity contribution >= 4 is 17.7 Å². The topological polar surface area (TPSA) is 64.1 Å². The number of nitrogens with zero attached hydrogens (tertiary/aromatic N) is 3. The van der Waals surface area contributed by atoms with Crippen molar-refractivity contribution in [1.29, 1.82) is 0 Å². The predicted octanol–water partition coefficient (Wildman–Crippen LogP) is 3.57. The number of rotatable bonds is 5. The first-order valence-corrected chi connectivity index (χ1v) is 9.56. The van der Waals surface area contributed by atoms with E-state index in [0.717, 1.165) is 23.6 Å². The van der Waals surface area contributed by atoms with Crippen LogP contribution in [0.1, 0.15) is 22.8 Å². The summed E-state index contributed by atoms with van der Waals surface area (Å²) in [5, 5.41) is 8.99. The molecule has 3 rings (SSSR count). The number of carbonyl (C=O) groups excluding carboxylic acids is 1. The molecule has 6 nitrogen and oxygen atoms in total. The Morgan fingerprint density at radius 3 is 2.33 bits per heavy atom. The zero-order chi connectivity index (χ0) is 21.8. The number of hydrogen-bond donors (Lipinski definition) is 1. The second-order valence-corrected chi connectivity index (χ2v) is 6.97. The van der Waals surface area contributed by atoms with E-state index in [1.54, 1.807) is 0 Å².